The van der Waals surface area contributed by atoms with E-state index in [9.17, 15) is 4.79 Å². The first-order valence-electron chi connectivity index (χ1n) is 6.53. The van der Waals surface area contributed by atoms with E-state index < -0.39 is 0 Å². The topological polar surface area (TPSA) is 69.4 Å². The van der Waals surface area contributed by atoms with Crippen LogP contribution in [0, 0.1) is 13.8 Å². The number of nitrogens with zero attached hydrogens (tertiary/aromatic N) is 4. The smallest absolute Gasteiger partial charge is 0.343 e. The monoisotopic (exact) mass is 302 g/mol. The fourth-order valence-electron chi connectivity index (χ4n) is 2.11. The molecule has 21 heavy (non-hydrogen) atoms. The summed E-state index contributed by atoms with van der Waals surface area (Å²) >= 11 is 1.57. The van der Waals surface area contributed by atoms with Crippen molar-refractivity contribution in [1.29, 1.82) is 0 Å². The highest BCUT2D eigenvalue weighted by molar-refractivity contribution is 7.09. The van der Waals surface area contributed by atoms with Crippen LogP contribution in [0.3, 0.4) is 0 Å². The van der Waals surface area contributed by atoms with Crippen LogP contribution in [-0.4, -0.2) is 32.2 Å². The quantitative estimate of drug-likeness (QED) is 0.691. The molecule has 0 aliphatic rings. The lowest BCUT2D eigenvalue weighted by Gasteiger charge is -2.03. The van der Waals surface area contributed by atoms with E-state index in [4.69, 9.17) is 4.74 Å². The molecular formula is C14H14N4O2S. The molecule has 0 saturated heterocycles. The second kappa shape index (κ2) is 5.61. The van der Waals surface area contributed by atoms with Gasteiger partial charge in [0.15, 0.2) is 5.65 Å². The van der Waals surface area contributed by atoms with Crippen molar-refractivity contribution in [2.24, 2.45) is 0 Å². The number of carbonyl (C=O) groups excluding carboxylic acids is 1. The molecule has 0 radical (unpaired) electrons. The molecule has 0 atom stereocenters. The Hall–Kier alpha value is -2.28. The molecule has 108 valence electrons. The van der Waals surface area contributed by atoms with Gasteiger partial charge in [-0.15, -0.1) is 11.3 Å². The Balaban J connectivity index is 1.72. The first-order valence-corrected chi connectivity index (χ1v) is 7.41. The molecule has 3 aromatic rings. The van der Waals surface area contributed by atoms with Gasteiger partial charge in [-0.05, 0) is 19.9 Å². The van der Waals surface area contributed by atoms with Crippen LogP contribution in [0.15, 0.2) is 24.0 Å². The SMILES string of the molecule is Cc1ncsc1CCOC(=O)c1c(C)nn2cccnc12. The fourth-order valence-corrected chi connectivity index (χ4v) is 2.87. The van der Waals surface area contributed by atoms with Crippen molar-refractivity contribution in [3.8, 4) is 0 Å². The van der Waals surface area contributed by atoms with Crippen molar-refractivity contribution in [3.63, 3.8) is 0 Å². The van der Waals surface area contributed by atoms with Gasteiger partial charge in [-0.1, -0.05) is 0 Å². The Morgan fingerprint density at radius 1 is 1.33 bits per heavy atom. The first kappa shape index (κ1) is 13.7. The largest absolute Gasteiger partial charge is 0.462 e. The molecule has 3 aromatic heterocycles. The van der Waals surface area contributed by atoms with Gasteiger partial charge >= 0.3 is 5.97 Å². The van der Waals surface area contributed by atoms with Crippen molar-refractivity contribution in [2.75, 3.05) is 6.61 Å². The number of rotatable bonds is 4. The van der Waals surface area contributed by atoms with Gasteiger partial charge in [0.25, 0.3) is 0 Å². The van der Waals surface area contributed by atoms with Gasteiger partial charge in [-0.3, -0.25) is 0 Å². The summed E-state index contributed by atoms with van der Waals surface area (Å²) in [6.45, 7) is 4.05. The van der Waals surface area contributed by atoms with E-state index in [0.717, 1.165) is 10.6 Å². The van der Waals surface area contributed by atoms with Gasteiger partial charge in [-0.2, -0.15) is 5.10 Å². The lowest BCUT2D eigenvalue weighted by Crippen LogP contribution is -2.09. The number of thiazole rings is 1. The van der Waals surface area contributed by atoms with Crippen molar-refractivity contribution in [3.05, 3.63) is 45.8 Å². The number of aryl methyl sites for hydroxylation is 2. The molecule has 3 heterocycles. The Morgan fingerprint density at radius 2 is 2.19 bits per heavy atom. The highest BCUT2D eigenvalue weighted by atomic mass is 32.1. The average molecular weight is 302 g/mol. The van der Waals surface area contributed by atoms with E-state index in [2.05, 4.69) is 15.1 Å². The van der Waals surface area contributed by atoms with Crippen LogP contribution in [0.5, 0.6) is 0 Å². The van der Waals surface area contributed by atoms with E-state index in [-0.39, 0.29) is 5.97 Å². The molecule has 0 fully saturated rings. The molecule has 0 unspecified atom stereocenters. The van der Waals surface area contributed by atoms with Crippen LogP contribution < -0.4 is 0 Å². The Kier molecular flexibility index (Phi) is 3.66. The van der Waals surface area contributed by atoms with Crippen LogP contribution in [0.2, 0.25) is 0 Å². The maximum Gasteiger partial charge on any atom is 0.343 e. The third-order valence-electron chi connectivity index (χ3n) is 3.18. The number of fused-ring (bicyclic) bond motifs is 1. The van der Waals surface area contributed by atoms with Crippen LogP contribution >= 0.6 is 11.3 Å². The second-order valence-corrected chi connectivity index (χ2v) is 5.53. The number of carbonyl (C=O) groups is 1. The lowest BCUT2D eigenvalue weighted by molar-refractivity contribution is 0.0511. The maximum absolute atomic E-state index is 12.2. The molecule has 0 bridgehead atoms. The minimum atomic E-state index is -0.386. The standard InChI is InChI=1S/C14H14N4O2S/c1-9-11(21-8-16-9)4-7-20-14(19)12-10(2)17-18-6-3-5-15-13(12)18/h3,5-6,8H,4,7H2,1-2H3. The minimum Gasteiger partial charge on any atom is -0.462 e. The molecule has 0 aliphatic heterocycles. The summed E-state index contributed by atoms with van der Waals surface area (Å²) in [6, 6.07) is 1.77. The lowest BCUT2D eigenvalue weighted by atomic mass is 10.2. The molecule has 0 aliphatic carbocycles. The molecule has 3 rings (SSSR count). The molecule has 0 N–H and O–H groups in total. The number of esters is 1. The van der Waals surface area contributed by atoms with Gasteiger partial charge in [0.2, 0.25) is 0 Å². The highest BCUT2D eigenvalue weighted by Gasteiger charge is 2.19. The minimum absolute atomic E-state index is 0.325. The fraction of sp³-hybridized carbons (Fsp3) is 0.286. The Morgan fingerprint density at radius 3 is 2.95 bits per heavy atom. The number of hydrogen-bond donors (Lipinski definition) is 0. The van der Waals surface area contributed by atoms with E-state index >= 15 is 0 Å². The van der Waals surface area contributed by atoms with Crippen LogP contribution in [0.25, 0.3) is 5.65 Å². The number of hydrogen-bond acceptors (Lipinski definition) is 6. The van der Waals surface area contributed by atoms with Crippen LogP contribution in [0.4, 0.5) is 0 Å². The van der Waals surface area contributed by atoms with Crippen molar-refractivity contribution < 1.29 is 9.53 Å². The first-order chi connectivity index (χ1) is 10.2. The van der Waals surface area contributed by atoms with Gasteiger partial charge in [0.1, 0.15) is 5.56 Å². The highest BCUT2D eigenvalue weighted by Crippen LogP contribution is 2.16. The molecular weight excluding hydrogens is 288 g/mol. The molecule has 7 heteroatoms. The molecule has 6 nitrogen and oxygen atoms in total. The number of ether oxygens (including phenoxy) is 1. The van der Waals surface area contributed by atoms with Crippen LogP contribution in [-0.2, 0) is 11.2 Å². The molecule has 0 saturated carbocycles. The van der Waals surface area contributed by atoms with Gasteiger partial charge in [0.05, 0.1) is 23.5 Å². The summed E-state index contributed by atoms with van der Waals surface area (Å²) < 4.78 is 6.93. The van der Waals surface area contributed by atoms with E-state index in [1.807, 2.05) is 6.92 Å². The average Bonchev–Trinajstić information content (AvgIpc) is 3.01. The number of aromatic nitrogens is 4. The van der Waals surface area contributed by atoms with Gasteiger partial charge < -0.3 is 4.74 Å². The predicted octanol–water partition coefficient (Wildman–Crippen LogP) is 2.20. The van der Waals surface area contributed by atoms with E-state index in [1.54, 1.807) is 46.7 Å². The zero-order valence-corrected chi connectivity index (χ0v) is 12.6. The molecule has 0 spiro atoms. The van der Waals surface area contributed by atoms with Crippen molar-refractivity contribution in [1.82, 2.24) is 19.6 Å². The summed E-state index contributed by atoms with van der Waals surface area (Å²) in [5, 5.41) is 4.25. The maximum atomic E-state index is 12.2. The second-order valence-electron chi connectivity index (χ2n) is 4.60. The summed E-state index contributed by atoms with van der Waals surface area (Å²) in [6.07, 6.45) is 4.06. The summed E-state index contributed by atoms with van der Waals surface area (Å²) in [5.41, 5.74) is 4.36. The third-order valence-corrected chi connectivity index (χ3v) is 4.18. The van der Waals surface area contributed by atoms with Gasteiger partial charge in [-0.25, -0.2) is 19.3 Å². The Labute approximate surface area is 125 Å². The molecule has 0 amide bonds. The zero-order valence-electron chi connectivity index (χ0n) is 11.7. The van der Waals surface area contributed by atoms with Crippen LogP contribution in [0.1, 0.15) is 26.6 Å². The predicted molar refractivity (Wildman–Crippen MR) is 78.6 cm³/mol. The normalized spacial score (nSPS) is 11.0. The van der Waals surface area contributed by atoms with Crippen molar-refractivity contribution >= 4 is 23.0 Å². The third kappa shape index (κ3) is 2.64. The van der Waals surface area contributed by atoms with E-state index in [0.29, 0.717) is 29.9 Å². The molecule has 0 aromatic carbocycles. The summed E-state index contributed by atoms with van der Waals surface area (Å²) in [5.74, 6) is -0.386. The summed E-state index contributed by atoms with van der Waals surface area (Å²) in [7, 11) is 0. The van der Waals surface area contributed by atoms with Crippen molar-refractivity contribution in [2.45, 2.75) is 20.3 Å². The Bertz CT molecular complexity index is 793. The zero-order chi connectivity index (χ0) is 14.8. The summed E-state index contributed by atoms with van der Waals surface area (Å²) in [4.78, 5) is 21.7. The van der Waals surface area contributed by atoms with Gasteiger partial charge in [0, 0.05) is 23.7 Å². The van der Waals surface area contributed by atoms with E-state index in [1.165, 1.54) is 0 Å².